The minimum Gasteiger partial charge on any atom is -0.497 e. The maximum atomic E-state index is 12.9. The second kappa shape index (κ2) is 8.74. The van der Waals surface area contributed by atoms with Crippen LogP contribution in [0, 0.1) is 0 Å². The fourth-order valence-corrected chi connectivity index (χ4v) is 3.60. The first kappa shape index (κ1) is 19.7. The highest BCUT2D eigenvalue weighted by molar-refractivity contribution is 5.82. The monoisotopic (exact) mass is 378 g/mol. The molecule has 5 nitrogen and oxygen atoms in total. The molecule has 2 atom stereocenters. The van der Waals surface area contributed by atoms with Gasteiger partial charge in [-0.2, -0.15) is 0 Å². The molecular weight excluding hydrogens is 352 g/mol. The summed E-state index contributed by atoms with van der Waals surface area (Å²) in [5.41, 5.74) is 3.07. The van der Waals surface area contributed by atoms with Gasteiger partial charge in [-0.3, -0.25) is 9.59 Å². The van der Waals surface area contributed by atoms with Crippen LogP contribution in [0.2, 0.25) is 0 Å². The lowest BCUT2D eigenvalue weighted by atomic mass is 9.93. The predicted octanol–water partition coefficient (Wildman–Crippen LogP) is 4.23. The summed E-state index contributed by atoms with van der Waals surface area (Å²) >= 11 is 0. The third kappa shape index (κ3) is 4.25. The average Bonchev–Trinajstić information content (AvgIpc) is 2.72. The van der Waals surface area contributed by atoms with E-state index in [9.17, 15) is 9.59 Å². The maximum absolute atomic E-state index is 12.9. The number of hydrogen-bond acceptors (Lipinski definition) is 3. The number of rotatable bonds is 6. The van der Waals surface area contributed by atoms with E-state index in [0.29, 0.717) is 0 Å². The Labute approximate surface area is 166 Å². The molecule has 1 N–H and O–H groups in total. The number of nitrogens with one attached hydrogen (secondary N) is 1. The highest BCUT2D eigenvalue weighted by Crippen LogP contribution is 2.33. The smallest absolute Gasteiger partial charge is 0.223 e. The number of carbonyl (C=O) groups is 2. The van der Waals surface area contributed by atoms with Gasteiger partial charge in [-0.15, -0.1) is 0 Å². The standard InChI is InChI=1S/C23H26N2O3/c1-4-21(18-9-11-19(28-3)12-10-18)24-23(27)15-22-20-8-6-5-7-17(20)13-14-25(22)16(2)26/h5-14,21-22H,4,15H2,1-3H3,(H,24,27). The number of ether oxygens (including phenoxy) is 1. The molecule has 2 amide bonds. The highest BCUT2D eigenvalue weighted by atomic mass is 16.5. The van der Waals surface area contributed by atoms with E-state index in [4.69, 9.17) is 4.74 Å². The van der Waals surface area contributed by atoms with Gasteiger partial charge < -0.3 is 15.0 Å². The van der Waals surface area contributed by atoms with Crippen LogP contribution in [0.15, 0.2) is 54.7 Å². The van der Waals surface area contributed by atoms with E-state index in [1.807, 2.05) is 61.5 Å². The van der Waals surface area contributed by atoms with Crippen molar-refractivity contribution in [3.05, 3.63) is 71.4 Å². The molecule has 1 aliphatic heterocycles. The molecule has 146 valence electrons. The largest absolute Gasteiger partial charge is 0.497 e. The summed E-state index contributed by atoms with van der Waals surface area (Å²) in [4.78, 5) is 26.6. The number of carbonyl (C=O) groups excluding carboxylic acids is 2. The van der Waals surface area contributed by atoms with E-state index in [0.717, 1.165) is 28.9 Å². The van der Waals surface area contributed by atoms with Crippen LogP contribution < -0.4 is 10.1 Å². The van der Waals surface area contributed by atoms with Crippen LogP contribution in [0.3, 0.4) is 0 Å². The van der Waals surface area contributed by atoms with Gasteiger partial charge in [0.2, 0.25) is 11.8 Å². The lowest BCUT2D eigenvalue weighted by Gasteiger charge is -2.32. The summed E-state index contributed by atoms with van der Waals surface area (Å²) in [5, 5.41) is 3.12. The van der Waals surface area contributed by atoms with Gasteiger partial charge in [-0.25, -0.2) is 0 Å². The molecular formula is C23H26N2O3. The molecule has 5 heteroatoms. The highest BCUT2D eigenvalue weighted by Gasteiger charge is 2.28. The van der Waals surface area contributed by atoms with Crippen molar-refractivity contribution in [3.8, 4) is 5.75 Å². The zero-order valence-corrected chi connectivity index (χ0v) is 16.5. The normalized spacial score (nSPS) is 16.2. The number of methoxy groups -OCH3 is 1. The van der Waals surface area contributed by atoms with E-state index in [-0.39, 0.29) is 30.3 Å². The van der Waals surface area contributed by atoms with Crippen molar-refractivity contribution in [2.45, 2.75) is 38.8 Å². The molecule has 0 aromatic heterocycles. The van der Waals surface area contributed by atoms with Crippen LogP contribution in [0.1, 0.15) is 55.5 Å². The SMILES string of the molecule is CCC(NC(=O)CC1c2ccccc2C=CN1C(C)=O)c1ccc(OC)cc1. The number of hydrogen-bond donors (Lipinski definition) is 1. The minimum atomic E-state index is -0.299. The van der Waals surface area contributed by atoms with E-state index >= 15 is 0 Å². The van der Waals surface area contributed by atoms with Gasteiger partial charge in [-0.1, -0.05) is 43.3 Å². The van der Waals surface area contributed by atoms with Crippen LogP contribution in [0.25, 0.3) is 6.08 Å². The molecule has 0 radical (unpaired) electrons. The van der Waals surface area contributed by atoms with Crippen LogP contribution in [0.4, 0.5) is 0 Å². The molecule has 0 fully saturated rings. The van der Waals surface area contributed by atoms with Crippen molar-refractivity contribution in [3.63, 3.8) is 0 Å². The summed E-state index contributed by atoms with van der Waals surface area (Å²) in [5.74, 6) is 0.627. The van der Waals surface area contributed by atoms with Crippen molar-refractivity contribution in [1.82, 2.24) is 10.2 Å². The molecule has 1 heterocycles. The fraction of sp³-hybridized carbons (Fsp3) is 0.304. The van der Waals surface area contributed by atoms with Gasteiger partial charge in [0.25, 0.3) is 0 Å². The first-order chi connectivity index (χ1) is 13.5. The van der Waals surface area contributed by atoms with Crippen molar-refractivity contribution in [2.24, 2.45) is 0 Å². The summed E-state index contributed by atoms with van der Waals surface area (Å²) < 4.78 is 5.20. The molecule has 28 heavy (non-hydrogen) atoms. The van der Waals surface area contributed by atoms with Gasteiger partial charge in [0.1, 0.15) is 5.75 Å². The molecule has 0 bridgehead atoms. The zero-order valence-electron chi connectivity index (χ0n) is 16.5. The number of amides is 2. The summed E-state index contributed by atoms with van der Waals surface area (Å²) in [6.07, 6.45) is 4.67. The Morgan fingerprint density at radius 2 is 1.86 bits per heavy atom. The second-order valence-electron chi connectivity index (χ2n) is 6.89. The third-order valence-corrected chi connectivity index (χ3v) is 5.11. The first-order valence-corrected chi connectivity index (χ1v) is 9.52. The fourth-order valence-electron chi connectivity index (χ4n) is 3.60. The van der Waals surface area contributed by atoms with Crippen LogP contribution in [-0.4, -0.2) is 23.8 Å². The maximum Gasteiger partial charge on any atom is 0.223 e. The quantitative estimate of drug-likeness (QED) is 0.818. The molecule has 0 saturated heterocycles. The zero-order chi connectivity index (χ0) is 20.1. The number of fused-ring (bicyclic) bond motifs is 1. The number of benzene rings is 2. The molecule has 3 rings (SSSR count). The summed E-state index contributed by atoms with van der Waals surface area (Å²) in [6, 6.07) is 15.2. The number of nitrogens with zero attached hydrogens (tertiary/aromatic N) is 1. The first-order valence-electron chi connectivity index (χ1n) is 9.52. The van der Waals surface area contributed by atoms with Crippen molar-refractivity contribution in [2.75, 3.05) is 7.11 Å². The third-order valence-electron chi connectivity index (χ3n) is 5.11. The van der Waals surface area contributed by atoms with Crippen LogP contribution in [0.5, 0.6) is 5.75 Å². The lowest BCUT2D eigenvalue weighted by molar-refractivity contribution is -0.130. The van der Waals surface area contributed by atoms with E-state index < -0.39 is 0 Å². The van der Waals surface area contributed by atoms with Gasteiger partial charge in [-0.05, 0) is 41.3 Å². The van der Waals surface area contributed by atoms with E-state index in [1.165, 1.54) is 6.92 Å². The van der Waals surface area contributed by atoms with Crippen molar-refractivity contribution < 1.29 is 14.3 Å². The topological polar surface area (TPSA) is 58.6 Å². The molecule has 2 aromatic rings. The molecule has 1 aliphatic rings. The van der Waals surface area contributed by atoms with Crippen LogP contribution in [-0.2, 0) is 9.59 Å². The van der Waals surface area contributed by atoms with Crippen molar-refractivity contribution >= 4 is 17.9 Å². The van der Waals surface area contributed by atoms with Gasteiger partial charge >= 0.3 is 0 Å². The Morgan fingerprint density at radius 3 is 2.50 bits per heavy atom. The minimum absolute atomic E-state index is 0.0780. The molecule has 2 aromatic carbocycles. The average molecular weight is 378 g/mol. The van der Waals surface area contributed by atoms with E-state index in [1.54, 1.807) is 18.2 Å². The Bertz CT molecular complexity index is 874. The van der Waals surface area contributed by atoms with E-state index in [2.05, 4.69) is 5.32 Å². The molecule has 2 unspecified atom stereocenters. The molecule has 0 aliphatic carbocycles. The van der Waals surface area contributed by atoms with Crippen molar-refractivity contribution in [1.29, 1.82) is 0 Å². The molecule has 0 saturated carbocycles. The van der Waals surface area contributed by atoms with Gasteiger partial charge in [0.15, 0.2) is 0 Å². The Hall–Kier alpha value is -3.08. The Balaban J connectivity index is 1.76. The second-order valence-corrected chi connectivity index (χ2v) is 6.89. The van der Waals surface area contributed by atoms with Gasteiger partial charge in [0, 0.05) is 13.1 Å². The van der Waals surface area contributed by atoms with Gasteiger partial charge in [0.05, 0.1) is 25.6 Å². The Kier molecular flexibility index (Phi) is 6.14. The predicted molar refractivity (Wildman–Crippen MR) is 110 cm³/mol. The summed E-state index contributed by atoms with van der Waals surface area (Å²) in [7, 11) is 1.63. The van der Waals surface area contributed by atoms with Crippen LogP contribution >= 0.6 is 0 Å². The molecule has 0 spiro atoms. The summed E-state index contributed by atoms with van der Waals surface area (Å²) in [6.45, 7) is 3.56. The lowest BCUT2D eigenvalue weighted by Crippen LogP contribution is -2.36. The Morgan fingerprint density at radius 1 is 1.14 bits per heavy atom.